The van der Waals surface area contributed by atoms with Gasteiger partial charge in [-0.2, -0.15) is 0 Å². The first-order chi connectivity index (χ1) is 7.15. The van der Waals surface area contributed by atoms with Crippen molar-refractivity contribution in [2.75, 3.05) is 0 Å². The molecule has 1 aromatic carbocycles. The van der Waals surface area contributed by atoms with Gasteiger partial charge in [0, 0.05) is 18.4 Å². The van der Waals surface area contributed by atoms with Crippen LogP contribution in [0.25, 0.3) is 0 Å². The molecule has 0 saturated heterocycles. The van der Waals surface area contributed by atoms with E-state index in [0.717, 1.165) is 25.3 Å². The molecule has 0 unspecified atom stereocenters. The maximum absolute atomic E-state index is 12.8. The van der Waals surface area contributed by atoms with Crippen LogP contribution in [-0.4, -0.2) is 5.78 Å². The van der Waals surface area contributed by atoms with Gasteiger partial charge in [0.2, 0.25) is 0 Å². The maximum Gasteiger partial charge on any atom is 0.140 e. The van der Waals surface area contributed by atoms with Crippen molar-refractivity contribution in [3.05, 3.63) is 35.4 Å². The van der Waals surface area contributed by atoms with Gasteiger partial charge in [0.05, 0.1) is 0 Å². The summed E-state index contributed by atoms with van der Waals surface area (Å²) in [5.41, 5.74) is 0.435. The fourth-order valence-electron chi connectivity index (χ4n) is 1.79. The Kier molecular flexibility index (Phi) is 2.80. The minimum Gasteiger partial charge on any atom is -0.299 e. The molecule has 1 aromatic rings. The van der Waals surface area contributed by atoms with Gasteiger partial charge in [-0.3, -0.25) is 4.79 Å². The van der Waals surface area contributed by atoms with Crippen LogP contribution in [0.15, 0.2) is 18.2 Å². The second-order valence-corrected chi connectivity index (χ2v) is 4.05. The Bertz CT molecular complexity index is 363. The Labute approximate surface area is 87.1 Å². The third-order valence-corrected chi connectivity index (χ3v) is 2.86. The van der Waals surface area contributed by atoms with Crippen LogP contribution >= 0.6 is 0 Å². The van der Waals surface area contributed by atoms with Crippen LogP contribution < -0.4 is 0 Å². The van der Waals surface area contributed by atoms with Crippen LogP contribution in [-0.2, 0) is 11.2 Å². The minimum absolute atomic E-state index is 0.103. The van der Waals surface area contributed by atoms with Crippen molar-refractivity contribution >= 4 is 5.78 Å². The van der Waals surface area contributed by atoms with Crippen molar-refractivity contribution < 1.29 is 13.6 Å². The molecule has 0 radical (unpaired) electrons. The van der Waals surface area contributed by atoms with Gasteiger partial charge in [0.25, 0.3) is 0 Å². The fourth-order valence-corrected chi connectivity index (χ4v) is 1.79. The summed E-state index contributed by atoms with van der Waals surface area (Å²) >= 11 is 0. The number of benzene rings is 1. The zero-order valence-electron chi connectivity index (χ0n) is 8.30. The second-order valence-electron chi connectivity index (χ2n) is 4.05. The Balaban J connectivity index is 2.06. The zero-order valence-corrected chi connectivity index (χ0v) is 8.30. The van der Waals surface area contributed by atoms with Crippen LogP contribution in [0.2, 0.25) is 0 Å². The van der Waals surface area contributed by atoms with Crippen LogP contribution in [0.1, 0.15) is 24.8 Å². The van der Waals surface area contributed by atoms with Crippen LogP contribution in [0.3, 0.4) is 0 Å². The Hall–Kier alpha value is -1.25. The lowest BCUT2D eigenvalue weighted by molar-refractivity contribution is -0.124. The van der Waals surface area contributed by atoms with Crippen LogP contribution in [0.4, 0.5) is 8.78 Å². The summed E-state index contributed by atoms with van der Waals surface area (Å²) in [5, 5.41) is 0. The van der Waals surface area contributed by atoms with Crippen molar-refractivity contribution in [3.8, 4) is 0 Å². The van der Waals surface area contributed by atoms with E-state index in [9.17, 15) is 13.6 Å². The van der Waals surface area contributed by atoms with Crippen LogP contribution in [0, 0.1) is 17.6 Å². The van der Waals surface area contributed by atoms with E-state index in [1.54, 1.807) is 0 Å². The molecule has 0 aliphatic heterocycles. The molecule has 0 atom stereocenters. The van der Waals surface area contributed by atoms with Gasteiger partial charge in [0.1, 0.15) is 17.4 Å². The van der Waals surface area contributed by atoms with E-state index in [1.165, 1.54) is 12.1 Å². The third kappa shape index (κ3) is 2.41. The summed E-state index contributed by atoms with van der Waals surface area (Å²) in [4.78, 5) is 11.6. The molecule has 0 bridgehead atoms. The largest absolute Gasteiger partial charge is 0.299 e. The Morgan fingerprint density at radius 3 is 2.27 bits per heavy atom. The van der Waals surface area contributed by atoms with Gasteiger partial charge in [-0.1, -0.05) is 6.42 Å². The topological polar surface area (TPSA) is 17.1 Å². The quantitative estimate of drug-likeness (QED) is 0.749. The van der Waals surface area contributed by atoms with Crippen molar-refractivity contribution in [2.24, 2.45) is 5.92 Å². The second kappa shape index (κ2) is 4.09. The van der Waals surface area contributed by atoms with E-state index < -0.39 is 11.6 Å². The van der Waals surface area contributed by atoms with E-state index >= 15 is 0 Å². The number of halogens is 2. The maximum atomic E-state index is 12.8. The highest BCUT2D eigenvalue weighted by Crippen LogP contribution is 2.28. The number of hydrogen-bond acceptors (Lipinski definition) is 1. The lowest BCUT2D eigenvalue weighted by atomic mass is 9.80. The van der Waals surface area contributed by atoms with Crippen molar-refractivity contribution in [3.63, 3.8) is 0 Å². The first-order valence-corrected chi connectivity index (χ1v) is 5.13. The Morgan fingerprint density at radius 2 is 1.80 bits per heavy atom. The summed E-state index contributed by atoms with van der Waals surface area (Å²) in [6.07, 6.45) is 3.10. The summed E-state index contributed by atoms with van der Waals surface area (Å²) in [6, 6.07) is 3.26. The molecule has 80 valence electrons. The number of ketones is 1. The molecule has 0 spiro atoms. The normalized spacial score (nSPS) is 16.1. The van der Waals surface area contributed by atoms with Gasteiger partial charge >= 0.3 is 0 Å². The number of carbonyl (C=O) groups excluding carboxylic acids is 1. The molecule has 1 fully saturated rings. The SMILES string of the molecule is O=C(Cc1cc(F)cc(F)c1)C1CCC1. The predicted molar refractivity (Wildman–Crippen MR) is 52.4 cm³/mol. The highest BCUT2D eigenvalue weighted by atomic mass is 19.1. The standard InChI is InChI=1S/C12H12F2O/c13-10-4-8(5-11(14)7-10)6-12(15)9-2-1-3-9/h4-5,7,9H,1-3,6H2. The lowest BCUT2D eigenvalue weighted by Gasteiger charge is -2.23. The molecule has 0 N–H and O–H groups in total. The summed E-state index contributed by atoms with van der Waals surface area (Å²) in [7, 11) is 0. The molecular weight excluding hydrogens is 198 g/mol. The summed E-state index contributed by atoms with van der Waals surface area (Å²) in [5.74, 6) is -1.01. The number of hydrogen-bond donors (Lipinski definition) is 0. The summed E-state index contributed by atoms with van der Waals surface area (Å²) < 4.78 is 25.6. The smallest absolute Gasteiger partial charge is 0.140 e. The van der Waals surface area contributed by atoms with E-state index in [2.05, 4.69) is 0 Å². The Morgan fingerprint density at radius 1 is 1.20 bits per heavy atom. The summed E-state index contributed by atoms with van der Waals surface area (Å²) in [6.45, 7) is 0. The first-order valence-electron chi connectivity index (χ1n) is 5.13. The molecule has 1 aliphatic rings. The molecule has 0 heterocycles. The highest BCUT2D eigenvalue weighted by Gasteiger charge is 2.24. The van der Waals surface area contributed by atoms with Gasteiger partial charge in [-0.15, -0.1) is 0 Å². The molecule has 3 heteroatoms. The van der Waals surface area contributed by atoms with Crippen LogP contribution in [0.5, 0.6) is 0 Å². The highest BCUT2D eigenvalue weighted by molar-refractivity contribution is 5.83. The zero-order chi connectivity index (χ0) is 10.8. The molecule has 1 saturated carbocycles. The predicted octanol–water partition coefficient (Wildman–Crippen LogP) is 2.88. The molecule has 0 aromatic heterocycles. The number of carbonyl (C=O) groups is 1. The molecule has 0 amide bonds. The minimum atomic E-state index is -0.619. The van der Waals surface area contributed by atoms with Gasteiger partial charge in [-0.25, -0.2) is 8.78 Å². The number of Topliss-reactive ketones (excluding diaryl/α,β-unsaturated/α-hetero) is 1. The monoisotopic (exact) mass is 210 g/mol. The average Bonchev–Trinajstić information content (AvgIpc) is 1.96. The van der Waals surface area contributed by atoms with E-state index in [-0.39, 0.29) is 18.1 Å². The molecule has 1 nitrogen and oxygen atoms in total. The van der Waals surface area contributed by atoms with E-state index in [0.29, 0.717) is 5.56 Å². The third-order valence-electron chi connectivity index (χ3n) is 2.86. The van der Waals surface area contributed by atoms with E-state index in [1.807, 2.05) is 0 Å². The van der Waals surface area contributed by atoms with Gasteiger partial charge in [-0.05, 0) is 30.5 Å². The van der Waals surface area contributed by atoms with E-state index in [4.69, 9.17) is 0 Å². The molecule has 1 aliphatic carbocycles. The number of rotatable bonds is 3. The van der Waals surface area contributed by atoms with Crippen molar-refractivity contribution in [2.45, 2.75) is 25.7 Å². The van der Waals surface area contributed by atoms with Crippen molar-refractivity contribution in [1.29, 1.82) is 0 Å². The van der Waals surface area contributed by atoms with Gasteiger partial charge in [0.15, 0.2) is 0 Å². The molecule has 2 rings (SSSR count). The van der Waals surface area contributed by atoms with Crippen molar-refractivity contribution in [1.82, 2.24) is 0 Å². The fraction of sp³-hybridized carbons (Fsp3) is 0.417. The molecular formula is C12H12F2O. The average molecular weight is 210 g/mol. The molecule has 15 heavy (non-hydrogen) atoms. The lowest BCUT2D eigenvalue weighted by Crippen LogP contribution is -2.23. The van der Waals surface area contributed by atoms with Gasteiger partial charge < -0.3 is 0 Å². The first kappa shape index (κ1) is 10.3.